The minimum atomic E-state index is -0.895. The van der Waals surface area contributed by atoms with Crippen LogP contribution in [-0.2, 0) is 9.47 Å². The number of amides is 2. The summed E-state index contributed by atoms with van der Waals surface area (Å²) in [5.74, 6) is 0. The summed E-state index contributed by atoms with van der Waals surface area (Å²) in [7, 11) is 0. The van der Waals surface area contributed by atoms with Gasteiger partial charge in [0.05, 0.1) is 12.7 Å². The van der Waals surface area contributed by atoms with E-state index in [2.05, 4.69) is 19.7 Å². The van der Waals surface area contributed by atoms with Crippen LogP contribution in [0.25, 0.3) is 0 Å². The molecule has 80 valence electrons. The van der Waals surface area contributed by atoms with Crippen LogP contribution < -0.4 is 0 Å². The van der Waals surface area contributed by atoms with Crippen LogP contribution in [0.4, 0.5) is 9.59 Å². The maximum atomic E-state index is 10.7. The number of hydrogen-bond donors (Lipinski definition) is 0. The van der Waals surface area contributed by atoms with Crippen LogP contribution in [0.3, 0.4) is 0 Å². The molecule has 0 saturated heterocycles. The number of nitrogens with zero attached hydrogens (tertiary/aromatic N) is 2. The molecule has 0 aromatic rings. The Labute approximate surface area is 82.3 Å². The van der Waals surface area contributed by atoms with E-state index in [9.17, 15) is 9.59 Å². The molecular weight excluding hydrogens is 188 g/mol. The van der Waals surface area contributed by atoms with Gasteiger partial charge in [0.15, 0.2) is 0 Å². The molecule has 0 aliphatic rings. The smallest absolute Gasteiger partial charge is 0.447 e. The van der Waals surface area contributed by atoms with Crippen molar-refractivity contribution in [2.45, 2.75) is 33.3 Å². The Morgan fingerprint density at radius 3 is 2.29 bits per heavy atom. The summed E-state index contributed by atoms with van der Waals surface area (Å²) < 4.78 is 9.14. The zero-order chi connectivity index (χ0) is 11.0. The van der Waals surface area contributed by atoms with Crippen molar-refractivity contribution in [1.29, 1.82) is 0 Å². The van der Waals surface area contributed by atoms with E-state index in [-0.39, 0.29) is 12.7 Å². The molecule has 6 nitrogen and oxygen atoms in total. The molecule has 0 unspecified atom stereocenters. The third-order valence-corrected chi connectivity index (χ3v) is 0.979. The highest BCUT2D eigenvalue weighted by Crippen LogP contribution is 1.94. The van der Waals surface area contributed by atoms with Crippen molar-refractivity contribution in [3.05, 3.63) is 0 Å². The molecule has 0 aromatic carbocycles. The predicted octanol–water partition coefficient (Wildman–Crippen LogP) is 2.53. The summed E-state index contributed by atoms with van der Waals surface area (Å²) in [6, 6.07) is 0. The van der Waals surface area contributed by atoms with Gasteiger partial charge < -0.3 is 9.47 Å². The summed E-state index contributed by atoms with van der Waals surface area (Å²) in [6.07, 6.45) is -1.37. The molecule has 0 atom stereocenters. The van der Waals surface area contributed by atoms with Crippen LogP contribution in [0.5, 0.6) is 0 Å². The first-order valence-corrected chi connectivity index (χ1v) is 4.35. The van der Waals surface area contributed by atoms with Gasteiger partial charge >= 0.3 is 12.2 Å². The first-order chi connectivity index (χ1) is 6.56. The van der Waals surface area contributed by atoms with Gasteiger partial charge in [-0.1, -0.05) is 17.2 Å². The molecule has 0 saturated carbocycles. The molecule has 0 aromatic heterocycles. The number of rotatable bonds is 3. The van der Waals surface area contributed by atoms with E-state index in [0.717, 1.165) is 0 Å². The van der Waals surface area contributed by atoms with Gasteiger partial charge in [-0.25, -0.2) is 9.59 Å². The number of hydrogen-bond acceptors (Lipinski definition) is 4. The summed E-state index contributed by atoms with van der Waals surface area (Å²) in [5, 5.41) is 6.01. The van der Waals surface area contributed by atoms with Crippen LogP contribution in [0.2, 0.25) is 0 Å². The Morgan fingerprint density at radius 1 is 1.21 bits per heavy atom. The Balaban J connectivity index is 3.79. The molecule has 0 bridgehead atoms. The van der Waals surface area contributed by atoms with Crippen molar-refractivity contribution in [1.82, 2.24) is 0 Å². The van der Waals surface area contributed by atoms with Gasteiger partial charge in [-0.05, 0) is 20.3 Å². The second-order valence-corrected chi connectivity index (χ2v) is 2.75. The first-order valence-electron chi connectivity index (χ1n) is 4.35. The Kier molecular flexibility index (Phi) is 6.26. The van der Waals surface area contributed by atoms with Gasteiger partial charge in [0, 0.05) is 0 Å². The molecular formula is C8H14N2O4. The maximum absolute atomic E-state index is 10.7. The van der Waals surface area contributed by atoms with Gasteiger partial charge in [-0.2, -0.15) is 0 Å². The predicted molar refractivity (Wildman–Crippen MR) is 48.1 cm³/mol. The molecule has 6 heteroatoms. The van der Waals surface area contributed by atoms with Crippen molar-refractivity contribution in [3.8, 4) is 0 Å². The maximum Gasteiger partial charge on any atom is 0.452 e. The molecule has 14 heavy (non-hydrogen) atoms. The lowest BCUT2D eigenvalue weighted by atomic mass is 10.5. The van der Waals surface area contributed by atoms with Crippen molar-refractivity contribution in [2.24, 2.45) is 10.2 Å². The van der Waals surface area contributed by atoms with E-state index < -0.39 is 12.2 Å². The van der Waals surface area contributed by atoms with Crippen LogP contribution in [0.15, 0.2) is 10.2 Å². The average Bonchev–Trinajstić information content (AvgIpc) is 2.10. The lowest BCUT2D eigenvalue weighted by Crippen LogP contribution is -2.07. The molecule has 0 aliphatic heterocycles. The molecule has 2 amide bonds. The van der Waals surface area contributed by atoms with E-state index in [1.165, 1.54) is 0 Å². The van der Waals surface area contributed by atoms with Gasteiger partial charge in [0.25, 0.3) is 0 Å². The molecule has 0 spiro atoms. The fourth-order valence-corrected chi connectivity index (χ4v) is 0.525. The zero-order valence-corrected chi connectivity index (χ0v) is 8.52. The van der Waals surface area contributed by atoms with Crippen molar-refractivity contribution >= 4 is 12.2 Å². The molecule has 0 fully saturated rings. The lowest BCUT2D eigenvalue weighted by molar-refractivity contribution is 0.122. The average molecular weight is 202 g/mol. The largest absolute Gasteiger partial charge is 0.452 e. The van der Waals surface area contributed by atoms with Crippen LogP contribution in [-0.4, -0.2) is 24.9 Å². The first kappa shape index (κ1) is 12.5. The SMILES string of the molecule is CCCOC(=O)/N=N/C(=O)OC(C)C. The van der Waals surface area contributed by atoms with Crippen LogP contribution >= 0.6 is 0 Å². The fraction of sp³-hybridized carbons (Fsp3) is 0.750. The molecule has 0 heterocycles. The molecule has 0 radical (unpaired) electrons. The number of azo groups is 1. The highest BCUT2D eigenvalue weighted by Gasteiger charge is 2.04. The second-order valence-electron chi connectivity index (χ2n) is 2.75. The van der Waals surface area contributed by atoms with E-state index in [1.807, 2.05) is 6.92 Å². The molecule has 0 rings (SSSR count). The Bertz CT molecular complexity index is 225. The van der Waals surface area contributed by atoms with Crippen LogP contribution in [0, 0.1) is 0 Å². The normalized spacial score (nSPS) is 10.6. The minimum absolute atomic E-state index is 0.261. The fourth-order valence-electron chi connectivity index (χ4n) is 0.525. The van der Waals surface area contributed by atoms with Crippen molar-refractivity contribution in [3.63, 3.8) is 0 Å². The summed E-state index contributed by atoms with van der Waals surface area (Å²) >= 11 is 0. The number of carbonyl (C=O) groups is 2. The highest BCUT2D eigenvalue weighted by molar-refractivity contribution is 5.73. The van der Waals surface area contributed by atoms with E-state index in [0.29, 0.717) is 6.42 Å². The number of carbonyl (C=O) groups excluding carboxylic acids is 2. The summed E-state index contributed by atoms with van der Waals surface area (Å²) in [4.78, 5) is 21.4. The zero-order valence-electron chi connectivity index (χ0n) is 8.52. The highest BCUT2D eigenvalue weighted by atomic mass is 16.6. The Morgan fingerprint density at radius 2 is 1.79 bits per heavy atom. The Hall–Kier alpha value is -1.46. The third-order valence-electron chi connectivity index (χ3n) is 0.979. The third kappa shape index (κ3) is 7.20. The monoisotopic (exact) mass is 202 g/mol. The van der Waals surface area contributed by atoms with Gasteiger partial charge in [-0.15, -0.1) is 0 Å². The molecule has 0 aliphatic carbocycles. The van der Waals surface area contributed by atoms with Crippen molar-refractivity contribution < 1.29 is 19.1 Å². The van der Waals surface area contributed by atoms with Crippen molar-refractivity contribution in [2.75, 3.05) is 6.61 Å². The molecule has 0 N–H and O–H groups in total. The quantitative estimate of drug-likeness (QED) is 0.659. The summed E-state index contributed by atoms with van der Waals surface area (Å²) in [5.41, 5.74) is 0. The van der Waals surface area contributed by atoms with Gasteiger partial charge in [0.1, 0.15) is 0 Å². The lowest BCUT2D eigenvalue weighted by Gasteiger charge is -2.01. The van der Waals surface area contributed by atoms with E-state index >= 15 is 0 Å². The minimum Gasteiger partial charge on any atom is -0.447 e. The van der Waals surface area contributed by atoms with Crippen LogP contribution in [0.1, 0.15) is 27.2 Å². The van der Waals surface area contributed by atoms with Gasteiger partial charge in [-0.3, -0.25) is 0 Å². The second kappa shape index (κ2) is 6.99. The standard InChI is InChI=1S/C8H14N2O4/c1-4-5-13-7(11)9-10-8(12)14-6(2)3/h6H,4-5H2,1-3H3/b10-9+. The number of ether oxygens (including phenoxy) is 2. The van der Waals surface area contributed by atoms with E-state index in [1.54, 1.807) is 13.8 Å². The summed E-state index contributed by atoms with van der Waals surface area (Å²) in [6.45, 7) is 5.44. The van der Waals surface area contributed by atoms with E-state index in [4.69, 9.17) is 0 Å². The topological polar surface area (TPSA) is 77.3 Å². The van der Waals surface area contributed by atoms with Gasteiger partial charge in [0.2, 0.25) is 0 Å².